The van der Waals surface area contributed by atoms with E-state index in [1.165, 1.54) is 6.07 Å². The SMILES string of the molecule is CCC1CN(C(=O)c2cc(C)ccc2F)CCS1. The van der Waals surface area contributed by atoms with Crippen molar-refractivity contribution in [1.82, 2.24) is 4.90 Å². The highest BCUT2D eigenvalue weighted by atomic mass is 32.2. The van der Waals surface area contributed by atoms with Crippen molar-refractivity contribution in [2.75, 3.05) is 18.8 Å². The van der Waals surface area contributed by atoms with E-state index in [1.54, 1.807) is 17.0 Å². The number of amides is 1. The predicted molar refractivity (Wildman–Crippen MR) is 73.6 cm³/mol. The Bertz CT molecular complexity index is 449. The molecule has 1 aromatic carbocycles. The Balaban J connectivity index is 2.17. The molecule has 0 N–H and O–H groups in total. The fourth-order valence-electron chi connectivity index (χ4n) is 2.12. The van der Waals surface area contributed by atoms with E-state index in [-0.39, 0.29) is 11.5 Å². The van der Waals surface area contributed by atoms with Crippen molar-refractivity contribution in [3.8, 4) is 0 Å². The summed E-state index contributed by atoms with van der Waals surface area (Å²) in [5, 5.41) is 0.482. The van der Waals surface area contributed by atoms with Crippen LogP contribution < -0.4 is 0 Å². The van der Waals surface area contributed by atoms with Gasteiger partial charge in [0.15, 0.2) is 0 Å². The third kappa shape index (κ3) is 2.86. The average molecular weight is 267 g/mol. The number of hydrogen-bond donors (Lipinski definition) is 0. The molecule has 1 amide bonds. The Hall–Kier alpha value is -1.03. The van der Waals surface area contributed by atoms with Crippen LogP contribution >= 0.6 is 11.8 Å². The summed E-state index contributed by atoms with van der Waals surface area (Å²) in [7, 11) is 0. The second-order valence-corrected chi connectivity index (χ2v) is 6.04. The van der Waals surface area contributed by atoms with Crippen molar-refractivity contribution in [2.24, 2.45) is 0 Å². The average Bonchev–Trinajstić information content (AvgIpc) is 2.41. The third-order valence-corrected chi connectivity index (χ3v) is 4.61. The Morgan fingerprint density at radius 3 is 3.06 bits per heavy atom. The van der Waals surface area contributed by atoms with Gasteiger partial charge in [0.25, 0.3) is 5.91 Å². The normalized spacial score (nSPS) is 19.9. The van der Waals surface area contributed by atoms with E-state index in [9.17, 15) is 9.18 Å². The molecule has 0 spiro atoms. The van der Waals surface area contributed by atoms with Gasteiger partial charge in [0.05, 0.1) is 5.56 Å². The fourth-order valence-corrected chi connectivity index (χ4v) is 3.30. The highest BCUT2D eigenvalue weighted by Crippen LogP contribution is 2.23. The maximum Gasteiger partial charge on any atom is 0.256 e. The van der Waals surface area contributed by atoms with Crippen molar-refractivity contribution < 1.29 is 9.18 Å². The third-order valence-electron chi connectivity index (χ3n) is 3.23. The van der Waals surface area contributed by atoms with Gasteiger partial charge < -0.3 is 4.90 Å². The minimum absolute atomic E-state index is 0.171. The van der Waals surface area contributed by atoms with Gasteiger partial charge in [-0.3, -0.25) is 4.79 Å². The Kier molecular flexibility index (Phi) is 4.27. The molecule has 1 fully saturated rings. The van der Waals surface area contributed by atoms with Crippen molar-refractivity contribution in [1.29, 1.82) is 0 Å². The number of thioether (sulfide) groups is 1. The van der Waals surface area contributed by atoms with Crippen molar-refractivity contribution in [3.63, 3.8) is 0 Å². The number of carbonyl (C=O) groups excluding carboxylic acids is 1. The first-order valence-electron chi connectivity index (χ1n) is 6.29. The molecule has 0 aromatic heterocycles. The van der Waals surface area contributed by atoms with E-state index in [4.69, 9.17) is 0 Å². The Labute approximate surface area is 112 Å². The topological polar surface area (TPSA) is 20.3 Å². The maximum atomic E-state index is 13.7. The summed E-state index contributed by atoms with van der Waals surface area (Å²) in [5.74, 6) is 0.351. The summed E-state index contributed by atoms with van der Waals surface area (Å²) in [4.78, 5) is 14.1. The standard InChI is InChI=1S/C14H18FNOS/c1-3-11-9-16(6-7-18-11)14(17)12-8-10(2)4-5-13(12)15/h4-5,8,11H,3,6-7,9H2,1-2H3. The molecule has 18 heavy (non-hydrogen) atoms. The second kappa shape index (κ2) is 5.74. The van der Waals surface area contributed by atoms with E-state index < -0.39 is 5.82 Å². The maximum absolute atomic E-state index is 13.7. The summed E-state index contributed by atoms with van der Waals surface area (Å²) in [5.41, 5.74) is 1.12. The van der Waals surface area contributed by atoms with Gasteiger partial charge in [-0.1, -0.05) is 18.6 Å². The van der Waals surface area contributed by atoms with Gasteiger partial charge in [0.1, 0.15) is 5.82 Å². The van der Waals surface area contributed by atoms with E-state index >= 15 is 0 Å². The van der Waals surface area contributed by atoms with Gasteiger partial charge >= 0.3 is 0 Å². The minimum Gasteiger partial charge on any atom is -0.337 e. The van der Waals surface area contributed by atoms with E-state index in [0.29, 0.717) is 11.8 Å². The monoisotopic (exact) mass is 267 g/mol. The molecular weight excluding hydrogens is 249 g/mol. The van der Waals surface area contributed by atoms with Crippen molar-refractivity contribution >= 4 is 17.7 Å². The van der Waals surface area contributed by atoms with Gasteiger partial charge in [-0.25, -0.2) is 4.39 Å². The van der Waals surface area contributed by atoms with Crippen LogP contribution in [0.3, 0.4) is 0 Å². The zero-order valence-corrected chi connectivity index (χ0v) is 11.6. The van der Waals surface area contributed by atoms with Crippen LogP contribution in [-0.2, 0) is 0 Å². The van der Waals surface area contributed by atoms with E-state index in [1.807, 2.05) is 18.7 Å². The molecule has 1 aliphatic heterocycles. The van der Waals surface area contributed by atoms with Gasteiger partial charge in [-0.05, 0) is 25.5 Å². The number of aryl methyl sites for hydroxylation is 1. The quantitative estimate of drug-likeness (QED) is 0.820. The first-order chi connectivity index (χ1) is 8.61. The minimum atomic E-state index is -0.420. The number of halogens is 1. The zero-order valence-electron chi connectivity index (χ0n) is 10.8. The largest absolute Gasteiger partial charge is 0.337 e. The van der Waals surface area contributed by atoms with Crippen LogP contribution in [0.2, 0.25) is 0 Å². The summed E-state index contributed by atoms with van der Waals surface area (Å²) in [6, 6.07) is 4.70. The molecule has 0 aliphatic carbocycles. The highest BCUT2D eigenvalue weighted by Gasteiger charge is 2.25. The lowest BCUT2D eigenvalue weighted by Gasteiger charge is -2.32. The molecule has 1 aliphatic rings. The number of benzene rings is 1. The Morgan fingerprint density at radius 1 is 1.56 bits per heavy atom. The molecule has 1 unspecified atom stereocenters. The lowest BCUT2D eigenvalue weighted by Crippen LogP contribution is -2.42. The number of carbonyl (C=O) groups is 1. The van der Waals surface area contributed by atoms with Gasteiger partial charge in [0.2, 0.25) is 0 Å². The van der Waals surface area contributed by atoms with Crippen LogP contribution in [0.4, 0.5) is 4.39 Å². The van der Waals surface area contributed by atoms with Crippen LogP contribution in [-0.4, -0.2) is 34.9 Å². The second-order valence-electron chi connectivity index (χ2n) is 4.64. The van der Waals surface area contributed by atoms with Crippen LogP contribution in [0, 0.1) is 12.7 Å². The predicted octanol–water partition coefficient (Wildman–Crippen LogP) is 3.10. The number of rotatable bonds is 2. The molecule has 2 rings (SSSR count). The van der Waals surface area contributed by atoms with Crippen molar-refractivity contribution in [2.45, 2.75) is 25.5 Å². The molecule has 1 atom stereocenters. The molecular formula is C14H18FNOS. The van der Waals surface area contributed by atoms with Crippen LogP contribution in [0.25, 0.3) is 0 Å². The van der Waals surface area contributed by atoms with Gasteiger partial charge in [-0.15, -0.1) is 0 Å². The molecule has 1 saturated heterocycles. The molecule has 2 nitrogen and oxygen atoms in total. The van der Waals surface area contributed by atoms with Gasteiger partial charge in [0, 0.05) is 24.1 Å². The van der Waals surface area contributed by atoms with Gasteiger partial charge in [-0.2, -0.15) is 11.8 Å². The molecule has 1 heterocycles. The molecule has 0 bridgehead atoms. The zero-order chi connectivity index (χ0) is 13.1. The highest BCUT2D eigenvalue weighted by molar-refractivity contribution is 8.00. The molecule has 1 aromatic rings. The summed E-state index contributed by atoms with van der Waals surface area (Å²) in [6.45, 7) is 5.44. The number of hydrogen-bond acceptors (Lipinski definition) is 2. The van der Waals surface area contributed by atoms with Crippen LogP contribution in [0.5, 0.6) is 0 Å². The first kappa shape index (κ1) is 13.4. The summed E-state index contributed by atoms with van der Waals surface area (Å²) >= 11 is 1.90. The molecule has 4 heteroatoms. The smallest absolute Gasteiger partial charge is 0.256 e. The van der Waals surface area contributed by atoms with Crippen molar-refractivity contribution in [3.05, 3.63) is 35.1 Å². The summed E-state index contributed by atoms with van der Waals surface area (Å²) < 4.78 is 13.7. The first-order valence-corrected chi connectivity index (χ1v) is 7.33. The molecule has 98 valence electrons. The van der Waals surface area contributed by atoms with Crippen LogP contribution in [0.1, 0.15) is 29.3 Å². The fraction of sp³-hybridized carbons (Fsp3) is 0.500. The Morgan fingerprint density at radius 2 is 2.33 bits per heavy atom. The summed E-state index contributed by atoms with van der Waals surface area (Å²) in [6.07, 6.45) is 1.05. The molecule has 0 radical (unpaired) electrons. The molecule has 0 saturated carbocycles. The van der Waals surface area contributed by atoms with Crippen LogP contribution in [0.15, 0.2) is 18.2 Å². The lowest BCUT2D eigenvalue weighted by atomic mass is 10.1. The number of nitrogens with zero attached hydrogens (tertiary/aromatic N) is 1. The lowest BCUT2D eigenvalue weighted by molar-refractivity contribution is 0.0756. The van der Waals surface area contributed by atoms with E-state index in [2.05, 4.69) is 6.92 Å². The van der Waals surface area contributed by atoms with E-state index in [0.717, 1.165) is 24.3 Å².